The maximum Gasteiger partial charge on any atom is 0.261 e. The number of Topliss-reactive ketones (excluding diaryl/α,β-unsaturated/α-hetero) is 1. The monoisotopic (exact) mass is 386 g/mol. The van der Waals surface area contributed by atoms with Crippen LogP contribution in [0.15, 0.2) is 54.7 Å². The maximum atomic E-state index is 12.5. The van der Waals surface area contributed by atoms with E-state index in [1.807, 2.05) is 12.1 Å². The lowest BCUT2D eigenvalue weighted by Crippen LogP contribution is -2.13. The highest BCUT2D eigenvalue weighted by atomic mass is 35.5. The van der Waals surface area contributed by atoms with Crippen LogP contribution in [0, 0.1) is 0 Å². The number of ether oxygens (including phenoxy) is 1. The predicted octanol–water partition coefficient (Wildman–Crippen LogP) is 4.83. The zero-order valence-electron chi connectivity index (χ0n) is 13.9. The molecule has 26 heavy (non-hydrogen) atoms. The van der Waals surface area contributed by atoms with E-state index in [1.165, 1.54) is 13.1 Å². The first-order valence-electron chi connectivity index (χ1n) is 7.77. The van der Waals surface area contributed by atoms with Crippen molar-refractivity contribution in [3.8, 4) is 5.75 Å². The first kappa shape index (κ1) is 18.1. The largest absolute Gasteiger partial charge is 0.488 e. The Balaban J connectivity index is 1.71. The molecule has 7 heteroatoms. The van der Waals surface area contributed by atoms with Crippen molar-refractivity contribution in [2.75, 3.05) is 5.32 Å². The van der Waals surface area contributed by atoms with Gasteiger partial charge in [0.25, 0.3) is 5.91 Å². The average molecular weight is 387 g/mol. The van der Waals surface area contributed by atoms with Crippen molar-refractivity contribution in [1.29, 1.82) is 0 Å². The van der Waals surface area contributed by atoms with Gasteiger partial charge in [-0.15, -0.1) is 0 Å². The normalized spacial score (nSPS) is 10.4. The minimum Gasteiger partial charge on any atom is -0.488 e. The van der Waals surface area contributed by atoms with Crippen LogP contribution in [0.2, 0.25) is 5.02 Å². The van der Waals surface area contributed by atoms with Gasteiger partial charge in [0.15, 0.2) is 10.9 Å². The fourth-order valence-corrected chi connectivity index (χ4v) is 3.01. The van der Waals surface area contributed by atoms with Crippen LogP contribution >= 0.6 is 22.9 Å². The SMILES string of the molecule is CC(=O)c1cnc(NC(=O)c2ccccc2OCc2ccc(Cl)cc2)s1. The standard InChI is InChI=1S/C19H15ClN2O3S/c1-12(23)17-10-21-19(26-17)22-18(24)15-4-2-3-5-16(15)25-11-13-6-8-14(20)9-7-13/h2-10H,11H2,1H3,(H,21,22,24). The van der Waals surface area contributed by atoms with E-state index in [2.05, 4.69) is 10.3 Å². The predicted molar refractivity (Wildman–Crippen MR) is 102 cm³/mol. The molecule has 0 atom stereocenters. The van der Waals surface area contributed by atoms with Gasteiger partial charge < -0.3 is 4.74 Å². The zero-order chi connectivity index (χ0) is 18.5. The Kier molecular flexibility index (Phi) is 5.65. The number of halogens is 1. The molecule has 0 aliphatic heterocycles. The van der Waals surface area contributed by atoms with Gasteiger partial charge >= 0.3 is 0 Å². The van der Waals surface area contributed by atoms with Gasteiger partial charge in [-0.2, -0.15) is 0 Å². The Hall–Kier alpha value is -2.70. The van der Waals surface area contributed by atoms with Crippen LogP contribution < -0.4 is 10.1 Å². The summed E-state index contributed by atoms with van der Waals surface area (Å²) in [6.45, 7) is 1.77. The van der Waals surface area contributed by atoms with Gasteiger partial charge in [0.1, 0.15) is 12.4 Å². The van der Waals surface area contributed by atoms with E-state index in [0.29, 0.717) is 33.0 Å². The Morgan fingerprint density at radius 3 is 2.58 bits per heavy atom. The van der Waals surface area contributed by atoms with Gasteiger partial charge in [0.05, 0.1) is 16.6 Å². The van der Waals surface area contributed by atoms with Crippen LogP contribution in [0.3, 0.4) is 0 Å². The smallest absolute Gasteiger partial charge is 0.261 e. The van der Waals surface area contributed by atoms with Crippen LogP contribution in [0.1, 0.15) is 32.5 Å². The van der Waals surface area contributed by atoms with Crippen molar-refractivity contribution in [2.45, 2.75) is 13.5 Å². The Morgan fingerprint density at radius 2 is 1.88 bits per heavy atom. The van der Waals surface area contributed by atoms with Crippen molar-refractivity contribution < 1.29 is 14.3 Å². The molecular formula is C19H15ClN2O3S. The summed E-state index contributed by atoms with van der Waals surface area (Å²) in [5, 5.41) is 3.72. The number of carbonyl (C=O) groups excluding carboxylic acids is 2. The van der Waals surface area contributed by atoms with E-state index >= 15 is 0 Å². The van der Waals surface area contributed by atoms with Crippen LogP contribution in [0.5, 0.6) is 5.75 Å². The second kappa shape index (κ2) is 8.12. The van der Waals surface area contributed by atoms with Gasteiger partial charge in [-0.3, -0.25) is 14.9 Å². The molecule has 1 N–H and O–H groups in total. The van der Waals surface area contributed by atoms with E-state index in [9.17, 15) is 9.59 Å². The Morgan fingerprint density at radius 1 is 1.15 bits per heavy atom. The summed E-state index contributed by atoms with van der Waals surface area (Å²) in [5.74, 6) is 0.0270. The van der Waals surface area contributed by atoms with Crippen molar-refractivity contribution in [3.63, 3.8) is 0 Å². The minimum absolute atomic E-state index is 0.0882. The molecule has 1 heterocycles. The number of nitrogens with one attached hydrogen (secondary N) is 1. The molecule has 132 valence electrons. The summed E-state index contributed by atoms with van der Waals surface area (Å²) in [6.07, 6.45) is 1.45. The van der Waals surface area contributed by atoms with Crippen molar-refractivity contribution in [3.05, 3.63) is 75.8 Å². The first-order valence-corrected chi connectivity index (χ1v) is 8.97. The van der Waals surface area contributed by atoms with Crippen LogP contribution in [-0.2, 0) is 6.61 Å². The number of rotatable bonds is 6. The number of para-hydroxylation sites is 1. The number of ketones is 1. The molecule has 5 nitrogen and oxygen atoms in total. The quantitative estimate of drug-likeness (QED) is 0.616. The molecule has 1 amide bonds. The molecule has 0 fully saturated rings. The second-order valence-corrected chi connectivity index (χ2v) is 6.92. The van der Waals surface area contributed by atoms with Gasteiger partial charge in [-0.25, -0.2) is 4.98 Å². The highest BCUT2D eigenvalue weighted by Crippen LogP contribution is 2.23. The van der Waals surface area contributed by atoms with Crippen LogP contribution in [0.4, 0.5) is 5.13 Å². The highest BCUT2D eigenvalue weighted by molar-refractivity contribution is 7.17. The third-order valence-corrected chi connectivity index (χ3v) is 4.78. The maximum absolute atomic E-state index is 12.5. The van der Waals surface area contributed by atoms with Crippen molar-refractivity contribution >= 4 is 39.8 Å². The highest BCUT2D eigenvalue weighted by Gasteiger charge is 2.15. The molecule has 2 aromatic carbocycles. The van der Waals surface area contributed by atoms with Gasteiger partial charge in [0, 0.05) is 11.9 Å². The number of carbonyl (C=O) groups is 2. The molecule has 0 spiro atoms. The molecule has 3 aromatic rings. The molecule has 3 rings (SSSR count). The number of anilines is 1. The summed E-state index contributed by atoms with van der Waals surface area (Å²) in [5.41, 5.74) is 1.33. The summed E-state index contributed by atoms with van der Waals surface area (Å²) >= 11 is 7.01. The van der Waals surface area contributed by atoms with E-state index < -0.39 is 0 Å². The molecule has 0 saturated heterocycles. The summed E-state index contributed by atoms with van der Waals surface area (Å²) < 4.78 is 5.79. The molecule has 0 radical (unpaired) electrons. The van der Waals surface area contributed by atoms with E-state index in [-0.39, 0.29) is 11.7 Å². The summed E-state index contributed by atoms with van der Waals surface area (Å²) in [6, 6.07) is 14.3. The number of hydrogen-bond donors (Lipinski definition) is 1. The van der Waals surface area contributed by atoms with Gasteiger partial charge in [-0.1, -0.05) is 47.2 Å². The molecule has 0 saturated carbocycles. The van der Waals surface area contributed by atoms with Crippen LogP contribution in [0.25, 0.3) is 0 Å². The van der Waals surface area contributed by atoms with E-state index in [4.69, 9.17) is 16.3 Å². The second-order valence-electron chi connectivity index (χ2n) is 5.45. The molecule has 0 aliphatic carbocycles. The first-order chi connectivity index (χ1) is 12.5. The van der Waals surface area contributed by atoms with Crippen LogP contribution in [-0.4, -0.2) is 16.7 Å². The Bertz CT molecular complexity index is 938. The number of benzene rings is 2. The summed E-state index contributed by atoms with van der Waals surface area (Å²) in [4.78, 5) is 28.4. The fraction of sp³-hybridized carbons (Fsp3) is 0.105. The molecular weight excluding hydrogens is 372 g/mol. The minimum atomic E-state index is -0.346. The molecule has 0 unspecified atom stereocenters. The Labute approximate surface area is 159 Å². The van der Waals surface area contributed by atoms with Gasteiger partial charge in [0.2, 0.25) is 0 Å². The number of amides is 1. The van der Waals surface area contributed by atoms with Crippen molar-refractivity contribution in [1.82, 2.24) is 4.98 Å². The zero-order valence-corrected chi connectivity index (χ0v) is 15.4. The van der Waals surface area contributed by atoms with E-state index in [0.717, 1.165) is 16.9 Å². The summed E-state index contributed by atoms with van der Waals surface area (Å²) in [7, 11) is 0. The molecule has 0 aliphatic rings. The van der Waals surface area contributed by atoms with Gasteiger partial charge in [-0.05, 0) is 29.8 Å². The number of hydrogen-bond acceptors (Lipinski definition) is 5. The molecule has 1 aromatic heterocycles. The third kappa shape index (κ3) is 4.47. The molecule has 0 bridgehead atoms. The topological polar surface area (TPSA) is 68.3 Å². The lowest BCUT2D eigenvalue weighted by Gasteiger charge is -2.11. The van der Waals surface area contributed by atoms with E-state index in [1.54, 1.807) is 36.4 Å². The lowest BCUT2D eigenvalue weighted by atomic mass is 10.2. The number of nitrogens with zero attached hydrogens (tertiary/aromatic N) is 1. The third-order valence-electron chi connectivity index (χ3n) is 3.51. The number of aromatic nitrogens is 1. The average Bonchev–Trinajstić information content (AvgIpc) is 3.10. The number of thiazole rings is 1. The lowest BCUT2D eigenvalue weighted by molar-refractivity contribution is 0.101. The van der Waals surface area contributed by atoms with Crippen molar-refractivity contribution in [2.24, 2.45) is 0 Å². The fourth-order valence-electron chi connectivity index (χ4n) is 2.18.